The van der Waals surface area contributed by atoms with E-state index in [1.165, 1.54) is 11.1 Å². The van der Waals surface area contributed by atoms with Gasteiger partial charge in [-0.3, -0.25) is 0 Å². The molecule has 0 heterocycles. The van der Waals surface area contributed by atoms with Crippen LogP contribution in [0.4, 0.5) is 0 Å². The summed E-state index contributed by atoms with van der Waals surface area (Å²) in [6, 6.07) is 11.2. The Balaban J connectivity index is 1.98. The predicted molar refractivity (Wildman–Crippen MR) is 94.2 cm³/mol. The highest BCUT2D eigenvalue weighted by Crippen LogP contribution is 2.36. The van der Waals surface area contributed by atoms with Gasteiger partial charge < -0.3 is 14.2 Å². The van der Waals surface area contributed by atoms with Gasteiger partial charge in [-0.15, -0.1) is 0 Å². The van der Waals surface area contributed by atoms with Gasteiger partial charge in [-0.1, -0.05) is 17.7 Å². The minimum atomic E-state index is 0.318. The van der Waals surface area contributed by atoms with Crippen molar-refractivity contribution in [3.05, 3.63) is 52.0 Å². The molecule has 0 aliphatic carbocycles. The molecule has 0 atom stereocenters. The maximum Gasteiger partial charge on any atom is 0.179 e. The first-order chi connectivity index (χ1) is 11.5. The van der Waals surface area contributed by atoms with Crippen LogP contribution in [0.3, 0.4) is 0 Å². The molecule has 0 radical (unpaired) electrons. The van der Waals surface area contributed by atoms with E-state index in [0.29, 0.717) is 41.9 Å². The third-order valence-corrected chi connectivity index (χ3v) is 3.80. The maximum atomic E-state index is 9.00. The monoisotopic (exact) mass is 345 g/mol. The first-order valence-corrected chi connectivity index (χ1v) is 8.12. The van der Waals surface area contributed by atoms with Crippen molar-refractivity contribution in [2.45, 2.75) is 20.8 Å². The lowest BCUT2D eigenvalue weighted by Gasteiger charge is -2.14. The number of nitriles is 1. The SMILES string of the molecule is CCOc1cc(C#N)cc(Cl)c1OCCOc1ccc(C)c(C)c1. The molecule has 0 aliphatic heterocycles. The van der Waals surface area contributed by atoms with Crippen LogP contribution >= 0.6 is 11.6 Å². The molecule has 5 heteroatoms. The second kappa shape index (κ2) is 8.47. The summed E-state index contributed by atoms with van der Waals surface area (Å²) in [6.07, 6.45) is 0. The Morgan fingerprint density at radius 3 is 2.42 bits per heavy atom. The quantitative estimate of drug-likeness (QED) is 0.683. The molecule has 4 nitrogen and oxygen atoms in total. The summed E-state index contributed by atoms with van der Waals surface area (Å²) in [6.45, 7) is 7.12. The summed E-state index contributed by atoms with van der Waals surface area (Å²) in [5, 5.41) is 9.35. The van der Waals surface area contributed by atoms with Crippen LogP contribution in [0.25, 0.3) is 0 Å². The molecule has 0 saturated heterocycles. The van der Waals surface area contributed by atoms with Crippen LogP contribution in [0.1, 0.15) is 23.6 Å². The van der Waals surface area contributed by atoms with E-state index in [9.17, 15) is 0 Å². The third kappa shape index (κ3) is 4.56. The van der Waals surface area contributed by atoms with Crippen molar-refractivity contribution in [1.29, 1.82) is 5.26 Å². The topological polar surface area (TPSA) is 51.5 Å². The Kier molecular flexibility index (Phi) is 6.34. The maximum absolute atomic E-state index is 9.00. The van der Waals surface area contributed by atoms with Gasteiger partial charge in [-0.05, 0) is 50.1 Å². The highest BCUT2D eigenvalue weighted by Gasteiger charge is 2.12. The molecule has 0 saturated carbocycles. The van der Waals surface area contributed by atoms with Crippen LogP contribution in [0.2, 0.25) is 5.02 Å². The number of aryl methyl sites for hydroxylation is 2. The predicted octanol–water partition coefficient (Wildman–Crippen LogP) is 4.69. The zero-order chi connectivity index (χ0) is 17.5. The summed E-state index contributed by atoms with van der Waals surface area (Å²) < 4.78 is 16.9. The molecule has 0 N–H and O–H groups in total. The lowest BCUT2D eigenvalue weighted by Crippen LogP contribution is -2.10. The van der Waals surface area contributed by atoms with Crippen LogP contribution in [0.5, 0.6) is 17.2 Å². The summed E-state index contributed by atoms with van der Waals surface area (Å²) >= 11 is 6.19. The molecule has 126 valence electrons. The molecule has 2 aromatic carbocycles. The molecule has 0 spiro atoms. The van der Waals surface area contributed by atoms with Crippen LogP contribution < -0.4 is 14.2 Å². The van der Waals surface area contributed by atoms with Crippen molar-refractivity contribution in [3.63, 3.8) is 0 Å². The molecule has 2 aromatic rings. The number of benzene rings is 2. The number of ether oxygens (including phenoxy) is 3. The molecule has 0 amide bonds. The highest BCUT2D eigenvalue weighted by molar-refractivity contribution is 6.32. The second-order valence-corrected chi connectivity index (χ2v) is 5.68. The molecule has 0 bridgehead atoms. The lowest BCUT2D eigenvalue weighted by atomic mass is 10.1. The summed E-state index contributed by atoms with van der Waals surface area (Å²) in [7, 11) is 0. The Morgan fingerprint density at radius 2 is 1.75 bits per heavy atom. The number of halogens is 1. The van der Waals surface area contributed by atoms with Crippen molar-refractivity contribution in [3.8, 4) is 23.3 Å². The van der Waals surface area contributed by atoms with Crippen LogP contribution in [0, 0.1) is 25.2 Å². The molecule has 2 rings (SSSR count). The summed E-state index contributed by atoms with van der Waals surface area (Å²) in [5.74, 6) is 1.70. The van der Waals surface area contributed by atoms with E-state index < -0.39 is 0 Å². The fourth-order valence-corrected chi connectivity index (χ4v) is 2.41. The standard InChI is InChI=1S/C19H20ClNO3/c1-4-22-18-11-15(12-21)10-17(20)19(18)24-8-7-23-16-6-5-13(2)14(3)9-16/h5-6,9-11H,4,7-8H2,1-3H3. The van der Waals surface area contributed by atoms with Gasteiger partial charge in [0.1, 0.15) is 19.0 Å². The first kappa shape index (κ1) is 18.0. The second-order valence-electron chi connectivity index (χ2n) is 5.27. The smallest absolute Gasteiger partial charge is 0.179 e. The van der Waals surface area contributed by atoms with E-state index in [1.807, 2.05) is 38.1 Å². The minimum Gasteiger partial charge on any atom is -0.490 e. The fraction of sp³-hybridized carbons (Fsp3) is 0.316. The average Bonchev–Trinajstić information content (AvgIpc) is 2.56. The number of rotatable bonds is 7. The van der Waals surface area contributed by atoms with Gasteiger partial charge in [0.25, 0.3) is 0 Å². The van der Waals surface area contributed by atoms with E-state index in [0.717, 1.165) is 5.75 Å². The van der Waals surface area contributed by atoms with E-state index >= 15 is 0 Å². The molecule has 0 aliphatic rings. The van der Waals surface area contributed by atoms with E-state index in [-0.39, 0.29) is 0 Å². The molecule has 24 heavy (non-hydrogen) atoms. The molecular weight excluding hydrogens is 326 g/mol. The van der Waals surface area contributed by atoms with Crippen molar-refractivity contribution >= 4 is 11.6 Å². The van der Waals surface area contributed by atoms with Crippen molar-refractivity contribution in [1.82, 2.24) is 0 Å². The number of hydrogen-bond donors (Lipinski definition) is 0. The number of nitrogens with zero attached hydrogens (tertiary/aromatic N) is 1. The fourth-order valence-electron chi connectivity index (χ4n) is 2.14. The van der Waals surface area contributed by atoms with Gasteiger partial charge in [0, 0.05) is 6.07 Å². The Hall–Kier alpha value is -2.38. The Morgan fingerprint density at radius 1 is 1.00 bits per heavy atom. The highest BCUT2D eigenvalue weighted by atomic mass is 35.5. The van der Waals surface area contributed by atoms with Gasteiger partial charge in [0.2, 0.25) is 0 Å². The third-order valence-electron chi connectivity index (χ3n) is 3.52. The first-order valence-electron chi connectivity index (χ1n) is 7.74. The summed E-state index contributed by atoms with van der Waals surface area (Å²) in [4.78, 5) is 0. The largest absolute Gasteiger partial charge is 0.490 e. The van der Waals surface area contributed by atoms with Crippen LogP contribution in [-0.4, -0.2) is 19.8 Å². The van der Waals surface area contributed by atoms with Crippen molar-refractivity contribution in [2.75, 3.05) is 19.8 Å². The molecule has 0 unspecified atom stereocenters. The van der Waals surface area contributed by atoms with Crippen LogP contribution in [0.15, 0.2) is 30.3 Å². The lowest BCUT2D eigenvalue weighted by molar-refractivity contribution is 0.208. The summed E-state index contributed by atoms with van der Waals surface area (Å²) in [5.41, 5.74) is 2.84. The van der Waals surface area contributed by atoms with E-state index in [4.69, 9.17) is 31.1 Å². The van der Waals surface area contributed by atoms with Gasteiger partial charge >= 0.3 is 0 Å². The van der Waals surface area contributed by atoms with E-state index in [1.54, 1.807) is 12.1 Å². The van der Waals surface area contributed by atoms with E-state index in [2.05, 4.69) is 6.92 Å². The van der Waals surface area contributed by atoms with Gasteiger partial charge in [0.15, 0.2) is 11.5 Å². The van der Waals surface area contributed by atoms with Gasteiger partial charge in [-0.25, -0.2) is 0 Å². The van der Waals surface area contributed by atoms with Gasteiger partial charge in [-0.2, -0.15) is 5.26 Å². The molecule has 0 aromatic heterocycles. The molecular formula is C19H20ClNO3. The zero-order valence-electron chi connectivity index (χ0n) is 14.1. The number of hydrogen-bond acceptors (Lipinski definition) is 4. The Bertz CT molecular complexity index is 753. The van der Waals surface area contributed by atoms with Crippen molar-refractivity contribution in [2.24, 2.45) is 0 Å². The average molecular weight is 346 g/mol. The molecule has 0 fully saturated rings. The van der Waals surface area contributed by atoms with Gasteiger partial charge in [0.05, 0.1) is 23.3 Å². The zero-order valence-corrected chi connectivity index (χ0v) is 14.8. The van der Waals surface area contributed by atoms with Crippen LogP contribution in [-0.2, 0) is 0 Å². The Labute approximate surface area is 147 Å². The van der Waals surface area contributed by atoms with Crippen molar-refractivity contribution < 1.29 is 14.2 Å². The minimum absolute atomic E-state index is 0.318. The normalized spacial score (nSPS) is 10.1.